The van der Waals surface area contributed by atoms with Gasteiger partial charge in [0.1, 0.15) is 0 Å². The first-order valence-electron chi connectivity index (χ1n) is 4.13. The molecule has 1 heterocycles. The minimum atomic E-state index is -0.0556. The van der Waals surface area contributed by atoms with Gasteiger partial charge in [-0.25, -0.2) is 4.98 Å². The summed E-state index contributed by atoms with van der Waals surface area (Å²) < 4.78 is 0. The normalized spacial score (nSPS) is 9.86. The average Bonchev–Trinajstić information content (AvgIpc) is 2.18. The molecule has 0 bridgehead atoms. The number of carbonyl (C=O) groups is 1. The Labute approximate surface area is 92.2 Å². The number of thioether (sulfide) groups is 1. The first-order chi connectivity index (χ1) is 6.74. The molecule has 0 fully saturated rings. The zero-order valence-electron chi connectivity index (χ0n) is 7.79. The number of carbonyl (C=O) groups excluding carboxylic acids is 1. The molecule has 1 N–H and O–H groups in total. The molecule has 14 heavy (non-hydrogen) atoms. The Hall–Kier alpha value is -0.740. The van der Waals surface area contributed by atoms with Gasteiger partial charge in [0.15, 0.2) is 5.82 Å². The van der Waals surface area contributed by atoms with E-state index < -0.39 is 0 Å². The molecule has 0 saturated heterocycles. The van der Waals surface area contributed by atoms with Crippen LogP contribution in [0, 0.1) is 0 Å². The molecule has 0 unspecified atom stereocenters. The second-order valence-electron chi connectivity index (χ2n) is 2.62. The number of amides is 1. The smallest absolute Gasteiger partial charge is 0.226 e. The van der Waals surface area contributed by atoms with Crippen LogP contribution < -0.4 is 5.32 Å². The zero-order chi connectivity index (χ0) is 10.4. The number of hydrogen-bond acceptors (Lipinski definition) is 3. The van der Waals surface area contributed by atoms with Crippen molar-refractivity contribution in [3.05, 3.63) is 23.4 Å². The van der Waals surface area contributed by atoms with Gasteiger partial charge in [-0.05, 0) is 18.4 Å². The van der Waals surface area contributed by atoms with Crippen LogP contribution in [0.5, 0.6) is 0 Å². The molecule has 0 spiro atoms. The van der Waals surface area contributed by atoms with E-state index in [2.05, 4.69) is 10.3 Å². The van der Waals surface area contributed by atoms with Gasteiger partial charge in [0.2, 0.25) is 5.91 Å². The summed E-state index contributed by atoms with van der Waals surface area (Å²) in [6, 6.07) is 3.42. The predicted octanol–water partition coefficient (Wildman–Crippen LogP) is 2.43. The van der Waals surface area contributed by atoms with Crippen LogP contribution in [0.2, 0.25) is 5.02 Å². The Morgan fingerprint density at radius 3 is 3.14 bits per heavy atom. The molecule has 1 amide bonds. The van der Waals surface area contributed by atoms with Gasteiger partial charge in [-0.15, -0.1) is 0 Å². The lowest BCUT2D eigenvalue weighted by Crippen LogP contribution is -2.13. The van der Waals surface area contributed by atoms with Crippen molar-refractivity contribution >= 4 is 35.1 Å². The van der Waals surface area contributed by atoms with Crippen molar-refractivity contribution in [3.8, 4) is 0 Å². The minimum absolute atomic E-state index is 0.0556. The van der Waals surface area contributed by atoms with Crippen LogP contribution in [0.1, 0.15) is 6.42 Å². The van der Waals surface area contributed by atoms with E-state index in [-0.39, 0.29) is 5.91 Å². The van der Waals surface area contributed by atoms with Crippen LogP contribution in [0.15, 0.2) is 18.3 Å². The number of hydrogen-bond donors (Lipinski definition) is 1. The summed E-state index contributed by atoms with van der Waals surface area (Å²) >= 11 is 7.45. The molecule has 5 heteroatoms. The molecule has 0 aliphatic heterocycles. The number of halogens is 1. The van der Waals surface area contributed by atoms with E-state index in [9.17, 15) is 4.79 Å². The van der Waals surface area contributed by atoms with Crippen LogP contribution in [0.25, 0.3) is 0 Å². The first-order valence-corrected chi connectivity index (χ1v) is 5.90. The summed E-state index contributed by atoms with van der Waals surface area (Å²) in [4.78, 5) is 15.3. The van der Waals surface area contributed by atoms with Crippen LogP contribution in [0.4, 0.5) is 5.82 Å². The molecule has 0 aromatic carbocycles. The highest BCUT2D eigenvalue weighted by atomic mass is 35.5. The number of nitrogens with one attached hydrogen (secondary N) is 1. The molecular formula is C9H11ClN2OS. The lowest BCUT2D eigenvalue weighted by molar-refractivity contribution is -0.115. The molecule has 0 atom stereocenters. The van der Waals surface area contributed by atoms with E-state index in [0.717, 1.165) is 5.75 Å². The fourth-order valence-corrected chi connectivity index (χ4v) is 1.43. The highest BCUT2D eigenvalue weighted by Gasteiger charge is 2.05. The molecule has 1 rings (SSSR count). The molecule has 0 saturated carbocycles. The number of anilines is 1. The van der Waals surface area contributed by atoms with Crippen LogP contribution >= 0.6 is 23.4 Å². The Bertz CT molecular complexity index is 319. The van der Waals surface area contributed by atoms with Crippen LogP contribution in [-0.2, 0) is 4.79 Å². The van der Waals surface area contributed by atoms with Crippen molar-refractivity contribution in [2.75, 3.05) is 17.3 Å². The van der Waals surface area contributed by atoms with Crippen molar-refractivity contribution in [2.24, 2.45) is 0 Å². The van der Waals surface area contributed by atoms with Gasteiger partial charge >= 0.3 is 0 Å². The third kappa shape index (κ3) is 3.55. The third-order valence-electron chi connectivity index (χ3n) is 1.55. The topological polar surface area (TPSA) is 42.0 Å². The molecule has 1 aromatic heterocycles. The maximum absolute atomic E-state index is 11.3. The van der Waals surface area contributed by atoms with E-state index in [1.807, 2.05) is 6.26 Å². The third-order valence-corrected chi connectivity index (χ3v) is 2.47. The van der Waals surface area contributed by atoms with Crippen molar-refractivity contribution in [1.29, 1.82) is 0 Å². The summed E-state index contributed by atoms with van der Waals surface area (Å²) in [5.74, 6) is 1.18. The highest BCUT2D eigenvalue weighted by molar-refractivity contribution is 7.98. The lowest BCUT2D eigenvalue weighted by Gasteiger charge is -2.04. The Kier molecular flexibility index (Phi) is 4.76. The summed E-state index contributed by atoms with van der Waals surface area (Å²) in [5.41, 5.74) is 0. The van der Waals surface area contributed by atoms with Gasteiger partial charge < -0.3 is 5.32 Å². The number of pyridine rings is 1. The van der Waals surface area contributed by atoms with Gasteiger partial charge in [0.25, 0.3) is 0 Å². The summed E-state index contributed by atoms with van der Waals surface area (Å²) in [7, 11) is 0. The van der Waals surface area contributed by atoms with E-state index in [4.69, 9.17) is 11.6 Å². The standard InChI is InChI=1S/C9H11ClN2OS/c1-14-6-4-8(13)12-9-7(10)3-2-5-11-9/h2-3,5H,4,6H2,1H3,(H,11,12,13). The zero-order valence-corrected chi connectivity index (χ0v) is 9.36. The SMILES string of the molecule is CSCCC(=O)Nc1ncccc1Cl. The predicted molar refractivity (Wildman–Crippen MR) is 60.9 cm³/mol. The Morgan fingerprint density at radius 1 is 1.71 bits per heavy atom. The molecular weight excluding hydrogens is 220 g/mol. The van der Waals surface area contributed by atoms with Crippen LogP contribution in [-0.4, -0.2) is 22.9 Å². The first kappa shape index (κ1) is 11.3. The van der Waals surface area contributed by atoms with E-state index in [1.165, 1.54) is 0 Å². The molecule has 1 aromatic rings. The molecule has 0 aliphatic carbocycles. The van der Waals surface area contributed by atoms with Crippen molar-refractivity contribution in [3.63, 3.8) is 0 Å². The molecule has 3 nitrogen and oxygen atoms in total. The second kappa shape index (κ2) is 5.88. The van der Waals surface area contributed by atoms with Gasteiger partial charge in [-0.3, -0.25) is 4.79 Å². The second-order valence-corrected chi connectivity index (χ2v) is 4.02. The summed E-state index contributed by atoms with van der Waals surface area (Å²) in [6.07, 6.45) is 4.03. The van der Waals surface area contributed by atoms with Gasteiger partial charge in [-0.2, -0.15) is 11.8 Å². The highest BCUT2D eigenvalue weighted by Crippen LogP contribution is 2.17. The van der Waals surface area contributed by atoms with Gasteiger partial charge in [-0.1, -0.05) is 11.6 Å². The fraction of sp³-hybridized carbons (Fsp3) is 0.333. The van der Waals surface area contributed by atoms with Crippen LogP contribution in [0.3, 0.4) is 0 Å². The average molecular weight is 231 g/mol. The van der Waals surface area contributed by atoms with Gasteiger partial charge in [0, 0.05) is 18.4 Å². The van der Waals surface area contributed by atoms with Crippen molar-refractivity contribution in [2.45, 2.75) is 6.42 Å². The maximum atomic E-state index is 11.3. The monoisotopic (exact) mass is 230 g/mol. The minimum Gasteiger partial charge on any atom is -0.309 e. The van der Waals surface area contributed by atoms with E-state index >= 15 is 0 Å². The largest absolute Gasteiger partial charge is 0.309 e. The van der Waals surface area contributed by atoms with Gasteiger partial charge in [0.05, 0.1) is 5.02 Å². The summed E-state index contributed by atoms with van der Waals surface area (Å²) in [5, 5.41) is 3.11. The number of rotatable bonds is 4. The molecule has 0 aliphatic rings. The Morgan fingerprint density at radius 2 is 2.50 bits per heavy atom. The molecule has 76 valence electrons. The van der Waals surface area contributed by atoms with Crippen molar-refractivity contribution < 1.29 is 4.79 Å². The molecule has 0 radical (unpaired) electrons. The fourth-order valence-electron chi connectivity index (χ4n) is 0.867. The number of aromatic nitrogens is 1. The maximum Gasteiger partial charge on any atom is 0.226 e. The quantitative estimate of drug-likeness (QED) is 0.864. The lowest BCUT2D eigenvalue weighted by atomic mass is 10.4. The summed E-state index contributed by atoms with van der Waals surface area (Å²) in [6.45, 7) is 0. The number of nitrogens with zero attached hydrogens (tertiary/aromatic N) is 1. The van der Waals surface area contributed by atoms with Crippen molar-refractivity contribution in [1.82, 2.24) is 4.98 Å². The van der Waals surface area contributed by atoms with E-state index in [1.54, 1.807) is 30.1 Å². The van der Waals surface area contributed by atoms with E-state index in [0.29, 0.717) is 17.3 Å². The Balaban J connectivity index is 2.52.